The third kappa shape index (κ3) is 3.74. The van der Waals surface area contributed by atoms with Gasteiger partial charge in [0.2, 0.25) is 0 Å². The molecular weight excluding hydrogens is 288 g/mol. The monoisotopic (exact) mass is 306 g/mol. The Kier molecular flexibility index (Phi) is 4.72. The van der Waals surface area contributed by atoms with Gasteiger partial charge in [-0.1, -0.05) is 18.0 Å². The number of piperidine rings is 1. The molecule has 1 atom stereocenters. The number of aromatic nitrogens is 2. The van der Waals surface area contributed by atoms with Crippen molar-refractivity contribution >= 4 is 17.4 Å². The van der Waals surface area contributed by atoms with Crippen molar-refractivity contribution in [3.8, 4) is 0 Å². The Morgan fingerprint density at radius 1 is 1.29 bits per heavy atom. The number of rotatable bonds is 5. The van der Waals surface area contributed by atoms with E-state index in [1.54, 1.807) is 12.5 Å². The Labute approximate surface area is 129 Å². The molecule has 0 saturated carbocycles. The first kappa shape index (κ1) is 14.4. The average Bonchev–Trinajstić information content (AvgIpc) is 3.03. The van der Waals surface area contributed by atoms with Gasteiger partial charge in [-0.25, -0.2) is 4.98 Å². The van der Waals surface area contributed by atoms with Gasteiger partial charge in [0.15, 0.2) is 0 Å². The van der Waals surface area contributed by atoms with Crippen molar-refractivity contribution in [3.05, 3.63) is 41.7 Å². The van der Waals surface area contributed by atoms with E-state index in [9.17, 15) is 0 Å². The molecular formula is C15H19ClN4O. The molecule has 3 heterocycles. The quantitative estimate of drug-likeness (QED) is 0.918. The first-order chi connectivity index (χ1) is 10.3. The minimum absolute atomic E-state index is 0.209. The fraction of sp³-hybridized carbons (Fsp3) is 0.467. The lowest BCUT2D eigenvalue weighted by atomic mass is 10.1. The highest BCUT2D eigenvalue weighted by molar-refractivity contribution is 6.29. The highest BCUT2D eigenvalue weighted by Crippen LogP contribution is 2.25. The second-order valence-corrected chi connectivity index (χ2v) is 5.62. The lowest BCUT2D eigenvalue weighted by molar-refractivity contribution is 0.153. The number of likely N-dealkylation sites (tertiary alicyclic amines) is 1. The highest BCUT2D eigenvalue weighted by atomic mass is 35.5. The zero-order valence-corrected chi connectivity index (χ0v) is 12.6. The van der Waals surface area contributed by atoms with E-state index < -0.39 is 0 Å². The molecule has 0 radical (unpaired) electrons. The number of hydrogen-bond donors (Lipinski definition) is 1. The molecule has 5 nitrogen and oxygen atoms in total. The maximum absolute atomic E-state index is 5.87. The van der Waals surface area contributed by atoms with E-state index in [1.807, 2.05) is 12.1 Å². The Morgan fingerprint density at radius 3 is 2.86 bits per heavy atom. The Bertz CT molecular complexity index is 555. The van der Waals surface area contributed by atoms with E-state index in [2.05, 4.69) is 20.2 Å². The van der Waals surface area contributed by atoms with Crippen LogP contribution in [0.1, 0.15) is 31.1 Å². The lowest BCUT2D eigenvalue weighted by Crippen LogP contribution is -2.37. The Morgan fingerprint density at radius 2 is 2.14 bits per heavy atom. The topological polar surface area (TPSA) is 54.2 Å². The average molecular weight is 307 g/mol. The third-order valence-electron chi connectivity index (χ3n) is 3.78. The van der Waals surface area contributed by atoms with Crippen LogP contribution in [0.25, 0.3) is 0 Å². The van der Waals surface area contributed by atoms with Crippen LogP contribution >= 0.6 is 11.6 Å². The molecule has 1 aliphatic heterocycles. The summed E-state index contributed by atoms with van der Waals surface area (Å²) in [6, 6.07) is 4.18. The van der Waals surface area contributed by atoms with Gasteiger partial charge in [0.05, 0.1) is 24.7 Å². The van der Waals surface area contributed by atoms with Gasteiger partial charge in [-0.3, -0.25) is 9.88 Å². The molecule has 0 aromatic carbocycles. The maximum atomic E-state index is 5.87. The van der Waals surface area contributed by atoms with Crippen molar-refractivity contribution in [3.63, 3.8) is 0 Å². The normalized spacial score (nSPS) is 17.6. The van der Waals surface area contributed by atoms with Crippen LogP contribution in [0.3, 0.4) is 0 Å². The predicted molar refractivity (Wildman–Crippen MR) is 82.4 cm³/mol. The number of nitrogens with one attached hydrogen (secondary N) is 1. The van der Waals surface area contributed by atoms with Crippen molar-refractivity contribution in [2.24, 2.45) is 0 Å². The molecule has 3 rings (SSSR count). The molecule has 1 saturated heterocycles. The van der Waals surface area contributed by atoms with Crippen molar-refractivity contribution in [1.29, 1.82) is 0 Å². The summed E-state index contributed by atoms with van der Waals surface area (Å²) in [6.07, 6.45) is 8.74. The van der Waals surface area contributed by atoms with Crippen LogP contribution in [-0.4, -0.2) is 34.5 Å². The van der Waals surface area contributed by atoms with Gasteiger partial charge >= 0.3 is 0 Å². The SMILES string of the molecule is Clc1cncc(NCC(c2ccco2)N2CCCCC2)n1. The van der Waals surface area contributed by atoms with Gasteiger partial charge in [-0.15, -0.1) is 0 Å². The van der Waals surface area contributed by atoms with Gasteiger partial charge in [0, 0.05) is 6.54 Å². The molecule has 1 aliphatic rings. The maximum Gasteiger partial charge on any atom is 0.149 e. The van der Waals surface area contributed by atoms with E-state index in [0.717, 1.165) is 25.4 Å². The van der Waals surface area contributed by atoms with Gasteiger partial charge < -0.3 is 9.73 Å². The summed E-state index contributed by atoms with van der Waals surface area (Å²) in [4.78, 5) is 10.7. The van der Waals surface area contributed by atoms with E-state index in [-0.39, 0.29) is 6.04 Å². The summed E-state index contributed by atoms with van der Waals surface area (Å²) >= 11 is 5.87. The Hall–Kier alpha value is -1.59. The molecule has 1 N–H and O–H groups in total. The predicted octanol–water partition coefficient (Wildman–Crippen LogP) is 3.36. The molecule has 0 amide bonds. The van der Waals surface area contributed by atoms with Crippen LogP contribution in [0.5, 0.6) is 0 Å². The number of furan rings is 1. The van der Waals surface area contributed by atoms with E-state index in [0.29, 0.717) is 11.0 Å². The van der Waals surface area contributed by atoms with Crippen molar-refractivity contribution in [2.75, 3.05) is 25.0 Å². The van der Waals surface area contributed by atoms with Crippen molar-refractivity contribution in [2.45, 2.75) is 25.3 Å². The highest BCUT2D eigenvalue weighted by Gasteiger charge is 2.24. The Balaban J connectivity index is 1.70. The zero-order valence-electron chi connectivity index (χ0n) is 11.8. The summed E-state index contributed by atoms with van der Waals surface area (Å²) in [7, 11) is 0. The fourth-order valence-electron chi connectivity index (χ4n) is 2.75. The van der Waals surface area contributed by atoms with Crippen LogP contribution in [0, 0.1) is 0 Å². The smallest absolute Gasteiger partial charge is 0.149 e. The molecule has 21 heavy (non-hydrogen) atoms. The van der Waals surface area contributed by atoms with Gasteiger partial charge in [0.1, 0.15) is 16.7 Å². The lowest BCUT2D eigenvalue weighted by Gasteiger charge is -2.33. The van der Waals surface area contributed by atoms with Crippen LogP contribution in [-0.2, 0) is 0 Å². The largest absolute Gasteiger partial charge is 0.468 e. The third-order valence-corrected chi connectivity index (χ3v) is 3.97. The molecule has 1 unspecified atom stereocenters. The minimum Gasteiger partial charge on any atom is -0.468 e. The minimum atomic E-state index is 0.209. The van der Waals surface area contributed by atoms with Crippen LogP contribution in [0.4, 0.5) is 5.82 Å². The second-order valence-electron chi connectivity index (χ2n) is 5.24. The fourth-order valence-corrected chi connectivity index (χ4v) is 2.90. The van der Waals surface area contributed by atoms with Crippen LogP contribution < -0.4 is 5.32 Å². The summed E-state index contributed by atoms with van der Waals surface area (Å²) in [5.41, 5.74) is 0. The molecule has 112 valence electrons. The zero-order chi connectivity index (χ0) is 14.5. The summed E-state index contributed by atoms with van der Waals surface area (Å²) in [5, 5.41) is 3.71. The second kappa shape index (κ2) is 6.91. The van der Waals surface area contributed by atoms with Crippen molar-refractivity contribution < 1.29 is 4.42 Å². The molecule has 1 fully saturated rings. The molecule has 6 heteroatoms. The number of halogens is 1. The first-order valence-electron chi connectivity index (χ1n) is 7.32. The van der Waals surface area contributed by atoms with Crippen molar-refractivity contribution in [1.82, 2.24) is 14.9 Å². The number of hydrogen-bond acceptors (Lipinski definition) is 5. The van der Waals surface area contributed by atoms with Gasteiger partial charge in [0.25, 0.3) is 0 Å². The summed E-state index contributed by atoms with van der Waals surface area (Å²) < 4.78 is 5.62. The number of nitrogens with zero attached hydrogens (tertiary/aromatic N) is 3. The first-order valence-corrected chi connectivity index (χ1v) is 7.69. The van der Waals surface area contributed by atoms with E-state index >= 15 is 0 Å². The van der Waals surface area contributed by atoms with Crippen LogP contribution in [0.15, 0.2) is 35.2 Å². The molecule has 2 aromatic rings. The van der Waals surface area contributed by atoms with Crippen LogP contribution in [0.2, 0.25) is 5.15 Å². The molecule has 0 spiro atoms. The molecule has 0 bridgehead atoms. The summed E-state index contributed by atoms with van der Waals surface area (Å²) in [5.74, 6) is 1.68. The van der Waals surface area contributed by atoms with Gasteiger partial charge in [-0.05, 0) is 38.1 Å². The summed E-state index contributed by atoms with van der Waals surface area (Å²) in [6.45, 7) is 2.94. The number of anilines is 1. The van der Waals surface area contributed by atoms with E-state index in [1.165, 1.54) is 25.5 Å². The van der Waals surface area contributed by atoms with Gasteiger partial charge in [-0.2, -0.15) is 0 Å². The molecule has 2 aromatic heterocycles. The molecule has 0 aliphatic carbocycles. The standard InChI is InChI=1S/C15H19ClN4O/c16-14-10-17-11-15(19-14)18-9-12(13-5-4-8-21-13)20-6-2-1-3-7-20/h4-5,8,10-12H,1-3,6-7,9H2,(H,18,19). The van der Waals surface area contributed by atoms with E-state index in [4.69, 9.17) is 16.0 Å².